The van der Waals surface area contributed by atoms with Crippen molar-refractivity contribution in [3.8, 4) is 22.8 Å². The highest BCUT2D eigenvalue weighted by Gasteiger charge is 2.18. The predicted octanol–water partition coefficient (Wildman–Crippen LogP) is 4.63. The number of nitrogens with zero attached hydrogens (tertiary/aromatic N) is 1. The summed E-state index contributed by atoms with van der Waals surface area (Å²) in [5, 5.41) is 10.4. The van der Waals surface area contributed by atoms with E-state index >= 15 is 0 Å². The fraction of sp³-hybridized carbons (Fsp3) is 0.238. The second kappa shape index (κ2) is 8.80. The van der Waals surface area contributed by atoms with Gasteiger partial charge in [-0.3, -0.25) is 9.89 Å². The van der Waals surface area contributed by atoms with Gasteiger partial charge in [-0.15, -0.1) is 0 Å². The molecule has 6 nitrogen and oxygen atoms in total. The fourth-order valence-electron chi connectivity index (χ4n) is 2.86. The Morgan fingerprint density at radius 1 is 1.25 bits per heavy atom. The van der Waals surface area contributed by atoms with Crippen molar-refractivity contribution in [3.05, 3.63) is 64.8 Å². The Morgan fingerprint density at radius 2 is 2.00 bits per heavy atom. The number of H-pyrrole nitrogens is 1. The number of ether oxygens (including phenoxy) is 2. The van der Waals surface area contributed by atoms with E-state index in [1.54, 1.807) is 19.2 Å². The molecule has 1 atom stereocenters. The van der Waals surface area contributed by atoms with Crippen molar-refractivity contribution in [2.24, 2.45) is 0 Å². The van der Waals surface area contributed by atoms with Crippen molar-refractivity contribution >= 4 is 17.5 Å². The number of amides is 1. The van der Waals surface area contributed by atoms with Crippen molar-refractivity contribution in [2.45, 2.75) is 19.9 Å². The molecule has 146 valence electrons. The second-order valence-electron chi connectivity index (χ2n) is 6.21. The number of nitrogens with one attached hydrogen (secondary N) is 2. The molecule has 0 aliphatic heterocycles. The van der Waals surface area contributed by atoms with Crippen molar-refractivity contribution in [3.63, 3.8) is 0 Å². The van der Waals surface area contributed by atoms with Crippen LogP contribution < -0.4 is 14.8 Å². The monoisotopic (exact) mass is 399 g/mol. The number of carbonyl (C=O) groups is 1. The zero-order valence-electron chi connectivity index (χ0n) is 16.0. The fourth-order valence-corrected chi connectivity index (χ4v) is 3.09. The Hall–Kier alpha value is -2.99. The zero-order chi connectivity index (χ0) is 20.1. The summed E-state index contributed by atoms with van der Waals surface area (Å²) in [4.78, 5) is 12.8. The molecular weight excluding hydrogens is 378 g/mol. The third-order valence-electron chi connectivity index (χ3n) is 4.37. The van der Waals surface area contributed by atoms with Gasteiger partial charge in [-0.25, -0.2) is 0 Å². The van der Waals surface area contributed by atoms with E-state index in [-0.39, 0.29) is 11.9 Å². The Bertz CT molecular complexity index is 954. The maximum atomic E-state index is 12.8. The summed E-state index contributed by atoms with van der Waals surface area (Å²) >= 11 is 6.28. The van der Waals surface area contributed by atoms with Crippen LogP contribution in [0.5, 0.6) is 11.5 Å². The number of halogens is 1. The SMILES string of the molecule is CCOc1ccc(-c2[nH]ncc2C(=O)N[C@@H](C)c2ccc(OC)cc2)cc1Cl. The molecular formula is C21H22ClN3O3. The number of hydrogen-bond donors (Lipinski definition) is 2. The molecule has 0 spiro atoms. The molecule has 7 heteroatoms. The molecule has 1 heterocycles. The highest BCUT2D eigenvalue weighted by molar-refractivity contribution is 6.32. The first-order valence-electron chi connectivity index (χ1n) is 8.94. The van der Waals surface area contributed by atoms with Crippen LogP contribution in [0.4, 0.5) is 0 Å². The summed E-state index contributed by atoms with van der Waals surface area (Å²) in [5.74, 6) is 1.15. The van der Waals surface area contributed by atoms with Gasteiger partial charge in [-0.2, -0.15) is 5.10 Å². The minimum atomic E-state index is -0.225. The van der Waals surface area contributed by atoms with E-state index in [1.807, 2.05) is 44.2 Å². The highest BCUT2D eigenvalue weighted by atomic mass is 35.5. The minimum Gasteiger partial charge on any atom is -0.497 e. The van der Waals surface area contributed by atoms with Crippen LogP contribution in [0.1, 0.15) is 35.8 Å². The van der Waals surface area contributed by atoms with Gasteiger partial charge < -0.3 is 14.8 Å². The summed E-state index contributed by atoms with van der Waals surface area (Å²) in [5.41, 5.74) is 2.78. The lowest BCUT2D eigenvalue weighted by atomic mass is 10.1. The lowest BCUT2D eigenvalue weighted by Gasteiger charge is -2.15. The number of benzene rings is 2. The topological polar surface area (TPSA) is 76.2 Å². The van der Waals surface area contributed by atoms with Crippen molar-refractivity contribution in [1.82, 2.24) is 15.5 Å². The van der Waals surface area contributed by atoms with E-state index < -0.39 is 0 Å². The number of rotatable bonds is 7. The normalized spacial score (nSPS) is 11.7. The van der Waals surface area contributed by atoms with E-state index in [2.05, 4.69) is 15.5 Å². The maximum Gasteiger partial charge on any atom is 0.255 e. The number of aromatic amines is 1. The Balaban J connectivity index is 1.78. The number of hydrogen-bond acceptors (Lipinski definition) is 4. The Morgan fingerprint density at radius 3 is 2.64 bits per heavy atom. The Kier molecular flexibility index (Phi) is 6.21. The van der Waals surface area contributed by atoms with Crippen molar-refractivity contribution in [2.75, 3.05) is 13.7 Å². The van der Waals surface area contributed by atoms with E-state index in [0.717, 1.165) is 16.9 Å². The van der Waals surface area contributed by atoms with Gasteiger partial charge in [0, 0.05) is 5.56 Å². The standard InChI is InChI=1S/C21H22ClN3O3/c1-4-28-19-10-7-15(11-18(19)22)20-17(12-23-25-20)21(26)24-13(2)14-5-8-16(27-3)9-6-14/h5-13H,4H2,1-3H3,(H,23,25)(H,24,26)/t13-/m0/s1. The molecule has 0 unspecified atom stereocenters. The van der Waals surface area contributed by atoms with Gasteiger partial charge in [0.2, 0.25) is 0 Å². The van der Waals surface area contributed by atoms with Gasteiger partial charge in [-0.1, -0.05) is 23.7 Å². The molecule has 0 radical (unpaired) electrons. The Labute approximate surface area is 168 Å². The molecule has 28 heavy (non-hydrogen) atoms. The van der Waals surface area contributed by atoms with Crippen LogP contribution in [0.2, 0.25) is 5.02 Å². The van der Waals surface area contributed by atoms with Gasteiger partial charge in [-0.05, 0) is 49.7 Å². The summed E-state index contributed by atoms with van der Waals surface area (Å²) in [7, 11) is 1.62. The van der Waals surface area contributed by atoms with Crippen LogP contribution in [0.15, 0.2) is 48.7 Å². The second-order valence-corrected chi connectivity index (χ2v) is 6.61. The molecule has 1 amide bonds. The average molecular weight is 400 g/mol. The first kappa shape index (κ1) is 19.8. The molecule has 3 aromatic rings. The number of methoxy groups -OCH3 is 1. The summed E-state index contributed by atoms with van der Waals surface area (Å²) in [6.45, 7) is 4.35. The predicted molar refractivity (Wildman–Crippen MR) is 109 cm³/mol. The van der Waals surface area contributed by atoms with Crippen LogP contribution in [0.25, 0.3) is 11.3 Å². The summed E-state index contributed by atoms with van der Waals surface area (Å²) in [6, 6.07) is 12.8. The van der Waals surface area contributed by atoms with Crippen LogP contribution in [0, 0.1) is 0 Å². The molecule has 0 fully saturated rings. The number of aromatic nitrogens is 2. The third-order valence-corrected chi connectivity index (χ3v) is 4.66. The summed E-state index contributed by atoms with van der Waals surface area (Å²) < 4.78 is 10.6. The van der Waals surface area contributed by atoms with Crippen molar-refractivity contribution in [1.29, 1.82) is 0 Å². The molecule has 2 N–H and O–H groups in total. The largest absolute Gasteiger partial charge is 0.497 e. The average Bonchev–Trinajstić information content (AvgIpc) is 3.19. The molecule has 0 saturated heterocycles. The zero-order valence-corrected chi connectivity index (χ0v) is 16.7. The van der Waals surface area contributed by atoms with Gasteiger partial charge in [0.15, 0.2) is 0 Å². The van der Waals surface area contributed by atoms with E-state index in [9.17, 15) is 4.79 Å². The van der Waals surface area contributed by atoms with Crippen LogP contribution >= 0.6 is 11.6 Å². The van der Waals surface area contributed by atoms with Crippen LogP contribution in [-0.2, 0) is 0 Å². The first-order valence-corrected chi connectivity index (χ1v) is 9.32. The molecule has 0 saturated carbocycles. The molecule has 3 rings (SSSR count). The molecule has 0 aliphatic carbocycles. The van der Waals surface area contributed by atoms with Gasteiger partial charge in [0.05, 0.1) is 42.2 Å². The summed E-state index contributed by atoms with van der Waals surface area (Å²) in [6.07, 6.45) is 1.51. The first-order chi connectivity index (χ1) is 13.5. The van der Waals surface area contributed by atoms with Crippen molar-refractivity contribution < 1.29 is 14.3 Å². The van der Waals surface area contributed by atoms with Gasteiger partial charge >= 0.3 is 0 Å². The highest BCUT2D eigenvalue weighted by Crippen LogP contribution is 2.31. The molecule has 0 bridgehead atoms. The van der Waals surface area contributed by atoms with E-state index in [4.69, 9.17) is 21.1 Å². The molecule has 0 aliphatic rings. The van der Waals surface area contributed by atoms with Gasteiger partial charge in [0.1, 0.15) is 11.5 Å². The lowest BCUT2D eigenvalue weighted by molar-refractivity contribution is 0.0940. The molecule has 2 aromatic carbocycles. The minimum absolute atomic E-state index is 0.176. The molecule has 1 aromatic heterocycles. The van der Waals surface area contributed by atoms with E-state index in [1.165, 1.54) is 6.20 Å². The third kappa shape index (κ3) is 4.28. The van der Waals surface area contributed by atoms with E-state index in [0.29, 0.717) is 28.6 Å². The smallest absolute Gasteiger partial charge is 0.255 e. The van der Waals surface area contributed by atoms with Crippen LogP contribution in [0.3, 0.4) is 0 Å². The number of carbonyl (C=O) groups excluding carboxylic acids is 1. The van der Waals surface area contributed by atoms with Crippen LogP contribution in [-0.4, -0.2) is 29.8 Å². The lowest BCUT2D eigenvalue weighted by Crippen LogP contribution is -2.26. The van der Waals surface area contributed by atoms with Gasteiger partial charge in [0.25, 0.3) is 5.91 Å². The maximum absolute atomic E-state index is 12.8. The quantitative estimate of drug-likeness (QED) is 0.607.